The zero-order valence-electron chi connectivity index (χ0n) is 21.0. The Morgan fingerprint density at radius 2 is 1.16 bits per heavy atom. The summed E-state index contributed by atoms with van der Waals surface area (Å²) in [5.41, 5.74) is 1.77. The van der Waals surface area contributed by atoms with Gasteiger partial charge in [-0.2, -0.15) is 0 Å². The van der Waals surface area contributed by atoms with Crippen LogP contribution in [0.15, 0.2) is 60.8 Å². The van der Waals surface area contributed by atoms with Crippen LogP contribution in [0.1, 0.15) is 0 Å². The van der Waals surface area contributed by atoms with E-state index in [1.54, 1.807) is 5.70 Å². The molecule has 3 aliphatic heterocycles. The van der Waals surface area contributed by atoms with Crippen LogP contribution in [-0.2, 0) is 23.1 Å². The molecule has 5 rings (SSSR count). The van der Waals surface area contributed by atoms with Crippen molar-refractivity contribution >= 4 is 8.56 Å². The fourth-order valence-corrected chi connectivity index (χ4v) is 5.04. The number of para-hydroxylation sites is 4. The fourth-order valence-electron chi connectivity index (χ4n) is 3.45. The van der Waals surface area contributed by atoms with E-state index in [0.29, 0.717) is 49.4 Å². The van der Waals surface area contributed by atoms with Crippen molar-refractivity contribution in [1.82, 2.24) is 0 Å². The zero-order valence-corrected chi connectivity index (χ0v) is 22.0. The monoisotopic (exact) mass is 530 g/mol. The van der Waals surface area contributed by atoms with E-state index in [0.717, 1.165) is 13.2 Å². The van der Waals surface area contributed by atoms with Crippen LogP contribution in [0.2, 0.25) is 6.55 Å². The average molecular weight is 531 g/mol. The molecule has 200 valence electrons. The third-order valence-electron chi connectivity index (χ3n) is 5.93. The minimum absolute atomic E-state index is 0.125. The second-order valence-electron chi connectivity index (χ2n) is 9.27. The molecule has 0 aromatic heterocycles. The van der Waals surface area contributed by atoms with Crippen molar-refractivity contribution < 1.29 is 42.0 Å². The Balaban J connectivity index is 1.24. The summed E-state index contributed by atoms with van der Waals surface area (Å²) in [6.07, 6.45) is -0.0221. The number of hydrogen-bond acceptors (Lipinski definition) is 9. The van der Waals surface area contributed by atoms with Gasteiger partial charge in [0.2, 0.25) is 0 Å². The van der Waals surface area contributed by atoms with Gasteiger partial charge in [-0.05, 0) is 36.5 Å². The van der Waals surface area contributed by atoms with Gasteiger partial charge in [0, 0.05) is 0 Å². The maximum Gasteiger partial charge on any atom is 0.361 e. The third-order valence-corrected chi connectivity index (χ3v) is 8.21. The maximum atomic E-state index is 6.48. The van der Waals surface area contributed by atoms with Crippen molar-refractivity contribution in [2.24, 2.45) is 0 Å². The van der Waals surface area contributed by atoms with Gasteiger partial charge in [-0.3, -0.25) is 0 Å². The van der Waals surface area contributed by atoms with Crippen LogP contribution < -0.4 is 18.9 Å². The first-order valence-electron chi connectivity index (χ1n) is 12.6. The Hall–Kier alpha value is -2.60. The molecule has 3 aliphatic rings. The third kappa shape index (κ3) is 8.46. The molecular weight excluding hydrogens is 496 g/mol. The summed E-state index contributed by atoms with van der Waals surface area (Å²) in [7, 11) is -2.73. The lowest BCUT2D eigenvalue weighted by Crippen LogP contribution is -2.45. The summed E-state index contributed by atoms with van der Waals surface area (Å²) in [5, 5.41) is 0. The largest absolute Gasteiger partial charge is 0.487 e. The van der Waals surface area contributed by atoms with Gasteiger partial charge < -0.3 is 42.0 Å². The molecule has 0 radical (unpaired) electrons. The van der Waals surface area contributed by atoms with E-state index in [-0.39, 0.29) is 31.5 Å². The fraction of sp³-hybridized carbons (Fsp3) is 0.481. The van der Waals surface area contributed by atoms with Crippen molar-refractivity contribution in [3.8, 4) is 23.0 Å². The van der Waals surface area contributed by atoms with Crippen LogP contribution in [0.3, 0.4) is 0 Å². The average Bonchev–Trinajstić information content (AvgIpc) is 3.77. The molecule has 4 atom stereocenters. The van der Waals surface area contributed by atoms with Crippen LogP contribution in [0.5, 0.6) is 23.0 Å². The molecule has 0 spiro atoms. The minimum Gasteiger partial charge on any atom is -0.487 e. The highest BCUT2D eigenvalue weighted by Crippen LogP contribution is 2.30. The number of benzene rings is 2. The SMILES string of the molecule is C=C[Si](C)(OCC1CO1)OC(COc1ccccc1OCC1CO1)COc1ccccc1OCC1CO1. The Kier molecular flexibility index (Phi) is 8.65. The quantitative estimate of drug-likeness (QED) is 0.213. The number of ether oxygens (including phenoxy) is 7. The number of hydrogen-bond donors (Lipinski definition) is 0. The molecule has 0 amide bonds. The molecule has 3 saturated heterocycles. The highest BCUT2D eigenvalue weighted by atomic mass is 28.4. The second kappa shape index (κ2) is 12.3. The van der Waals surface area contributed by atoms with Gasteiger partial charge in [-0.1, -0.05) is 24.3 Å². The summed E-state index contributed by atoms with van der Waals surface area (Å²) in [6.45, 7) is 9.99. The predicted molar refractivity (Wildman–Crippen MR) is 137 cm³/mol. The van der Waals surface area contributed by atoms with Gasteiger partial charge in [0.05, 0.1) is 26.4 Å². The molecule has 0 bridgehead atoms. The van der Waals surface area contributed by atoms with E-state index in [1.165, 1.54) is 0 Å². The molecule has 9 nitrogen and oxygen atoms in total. The molecule has 4 unspecified atom stereocenters. The van der Waals surface area contributed by atoms with Gasteiger partial charge in [0.25, 0.3) is 0 Å². The Bertz CT molecular complexity index is 961. The van der Waals surface area contributed by atoms with Crippen LogP contribution in [0.25, 0.3) is 0 Å². The molecule has 37 heavy (non-hydrogen) atoms. The Labute approximate surface area is 218 Å². The van der Waals surface area contributed by atoms with Crippen LogP contribution in [0, 0.1) is 0 Å². The van der Waals surface area contributed by atoms with Crippen LogP contribution in [-0.4, -0.2) is 85.8 Å². The van der Waals surface area contributed by atoms with Crippen molar-refractivity contribution in [2.75, 3.05) is 52.9 Å². The van der Waals surface area contributed by atoms with Crippen molar-refractivity contribution in [3.63, 3.8) is 0 Å². The van der Waals surface area contributed by atoms with E-state index >= 15 is 0 Å². The second-order valence-corrected chi connectivity index (χ2v) is 12.2. The first kappa shape index (κ1) is 26.0. The lowest BCUT2D eigenvalue weighted by atomic mass is 10.3. The Morgan fingerprint density at radius 1 is 0.757 bits per heavy atom. The maximum absolute atomic E-state index is 6.48. The molecule has 10 heteroatoms. The number of epoxide rings is 3. The molecule has 3 heterocycles. The van der Waals surface area contributed by atoms with E-state index in [2.05, 4.69) is 6.58 Å². The van der Waals surface area contributed by atoms with Crippen molar-refractivity contribution in [1.29, 1.82) is 0 Å². The first-order chi connectivity index (χ1) is 18.1. The normalized spacial score (nSPS) is 23.9. The Morgan fingerprint density at radius 3 is 1.57 bits per heavy atom. The van der Waals surface area contributed by atoms with Gasteiger partial charge >= 0.3 is 8.56 Å². The molecule has 2 aromatic carbocycles. The molecule has 0 saturated carbocycles. The topological polar surface area (TPSA) is 93.0 Å². The zero-order chi connectivity index (χ0) is 25.5. The van der Waals surface area contributed by atoms with E-state index in [1.807, 2.05) is 55.1 Å². The van der Waals surface area contributed by atoms with E-state index in [9.17, 15) is 0 Å². The predicted octanol–water partition coefficient (Wildman–Crippen LogP) is 3.30. The lowest BCUT2D eigenvalue weighted by Gasteiger charge is -2.29. The molecule has 0 aliphatic carbocycles. The highest BCUT2D eigenvalue weighted by molar-refractivity contribution is 6.71. The molecular formula is C27H34O9Si. The summed E-state index contributed by atoms with van der Waals surface area (Å²) >= 11 is 0. The molecule has 0 N–H and O–H groups in total. The van der Waals surface area contributed by atoms with Crippen LogP contribution in [0.4, 0.5) is 0 Å². The van der Waals surface area contributed by atoms with E-state index < -0.39 is 14.7 Å². The van der Waals surface area contributed by atoms with Gasteiger partial charge in [0.1, 0.15) is 50.8 Å². The summed E-state index contributed by atoms with van der Waals surface area (Å²) in [5.74, 6) is 2.56. The smallest absolute Gasteiger partial charge is 0.361 e. The van der Waals surface area contributed by atoms with Crippen LogP contribution >= 0.6 is 0 Å². The van der Waals surface area contributed by atoms with Gasteiger partial charge in [-0.15, -0.1) is 6.58 Å². The van der Waals surface area contributed by atoms with Gasteiger partial charge in [0.15, 0.2) is 23.0 Å². The van der Waals surface area contributed by atoms with E-state index in [4.69, 9.17) is 42.0 Å². The van der Waals surface area contributed by atoms with Crippen molar-refractivity contribution in [2.45, 2.75) is 31.0 Å². The standard InChI is InChI=1S/C27H34O9Si/c1-3-37(2,35-19-22-14-30-22)36-23(17-33-26-10-6-4-8-24(26)31-15-20-12-28-20)18-34-27-11-7-5-9-25(27)32-16-21-13-29-21/h3-11,20-23H,1,12-19H2,2H3. The minimum atomic E-state index is -2.73. The van der Waals surface area contributed by atoms with Gasteiger partial charge in [-0.25, -0.2) is 0 Å². The molecule has 2 aromatic rings. The summed E-state index contributed by atoms with van der Waals surface area (Å²) in [6, 6.07) is 15.1. The summed E-state index contributed by atoms with van der Waals surface area (Å²) < 4.78 is 52.5. The first-order valence-corrected chi connectivity index (χ1v) is 15.0. The number of rotatable bonds is 18. The molecule has 3 fully saturated rings. The van der Waals surface area contributed by atoms with Crippen molar-refractivity contribution in [3.05, 3.63) is 60.8 Å². The summed E-state index contributed by atoms with van der Waals surface area (Å²) in [4.78, 5) is 0. The lowest BCUT2D eigenvalue weighted by molar-refractivity contribution is 0.0453. The highest BCUT2D eigenvalue weighted by Gasteiger charge is 2.35.